The average Bonchev–Trinajstić information content (AvgIpc) is 2.62. The van der Waals surface area contributed by atoms with Gasteiger partial charge in [-0.15, -0.1) is 0 Å². The van der Waals surface area contributed by atoms with E-state index >= 15 is 0 Å². The molecule has 8 heteroatoms. The van der Waals surface area contributed by atoms with Crippen LogP contribution < -0.4 is 5.32 Å². The van der Waals surface area contributed by atoms with Gasteiger partial charge in [-0.3, -0.25) is 9.59 Å². The van der Waals surface area contributed by atoms with Gasteiger partial charge in [-0.1, -0.05) is 34.1 Å². The number of esters is 3. The Kier molecular flexibility index (Phi) is 4.55. The van der Waals surface area contributed by atoms with Crippen molar-refractivity contribution in [3.8, 4) is 0 Å². The monoisotopic (exact) mass is 409 g/mol. The number of hydrogen-bond donors (Lipinski definition) is 1. The van der Waals surface area contributed by atoms with Gasteiger partial charge in [0.1, 0.15) is 17.9 Å². The van der Waals surface area contributed by atoms with E-state index in [4.69, 9.17) is 14.2 Å². The lowest BCUT2D eigenvalue weighted by Crippen LogP contribution is -2.68. The first-order valence-electron chi connectivity index (χ1n) is 7.53. The Morgan fingerprint density at radius 1 is 1.16 bits per heavy atom. The second-order valence-corrected chi connectivity index (χ2v) is 6.68. The third kappa shape index (κ3) is 2.70. The van der Waals surface area contributed by atoms with Crippen LogP contribution in [0.4, 0.5) is 5.69 Å². The van der Waals surface area contributed by atoms with Crippen molar-refractivity contribution in [2.24, 2.45) is 11.8 Å². The highest BCUT2D eigenvalue weighted by Crippen LogP contribution is 2.48. The fraction of sp³-hybridized carbons (Fsp3) is 0.353. The van der Waals surface area contributed by atoms with E-state index in [1.165, 1.54) is 14.2 Å². The molecule has 1 aromatic rings. The molecule has 0 radical (unpaired) electrons. The van der Waals surface area contributed by atoms with Crippen molar-refractivity contribution >= 4 is 39.5 Å². The molecule has 1 fully saturated rings. The summed E-state index contributed by atoms with van der Waals surface area (Å²) in [5, 5.41) is 3.05. The summed E-state index contributed by atoms with van der Waals surface area (Å²) in [6.07, 6.45) is 0.640. The fourth-order valence-electron chi connectivity index (χ4n) is 3.33. The van der Waals surface area contributed by atoms with Gasteiger partial charge in [0, 0.05) is 10.2 Å². The van der Waals surface area contributed by atoms with Crippen molar-refractivity contribution < 1.29 is 28.6 Å². The van der Waals surface area contributed by atoms with Crippen LogP contribution in [-0.2, 0) is 28.6 Å². The normalized spacial score (nSPS) is 30.1. The molecular formula is C17H16BrNO6. The molecule has 0 amide bonds. The number of nitrogens with one attached hydrogen (secondary N) is 1. The second kappa shape index (κ2) is 6.51. The smallest absolute Gasteiger partial charge is 0.337 e. The molecule has 0 aromatic heterocycles. The minimum Gasteiger partial charge on any atom is -0.469 e. The molecule has 1 aliphatic carbocycles. The molecule has 0 unspecified atom stereocenters. The average molecular weight is 410 g/mol. The van der Waals surface area contributed by atoms with Gasteiger partial charge in [-0.05, 0) is 18.2 Å². The summed E-state index contributed by atoms with van der Waals surface area (Å²) in [4.78, 5) is 37.6. The summed E-state index contributed by atoms with van der Waals surface area (Å²) in [5.74, 6) is -4.16. The molecule has 3 aliphatic rings. The lowest BCUT2D eigenvalue weighted by Gasteiger charge is -2.49. The molecule has 1 saturated heterocycles. The Labute approximate surface area is 152 Å². The molecule has 2 aliphatic heterocycles. The van der Waals surface area contributed by atoms with E-state index in [9.17, 15) is 14.4 Å². The molecule has 25 heavy (non-hydrogen) atoms. The highest BCUT2D eigenvalue weighted by atomic mass is 79.9. The summed E-state index contributed by atoms with van der Waals surface area (Å²) in [7, 11) is 2.43. The molecule has 1 aromatic carbocycles. The Balaban J connectivity index is 2.15. The number of methoxy groups -OCH3 is 2. The molecule has 2 bridgehead atoms. The Morgan fingerprint density at radius 2 is 1.80 bits per heavy atom. The zero-order valence-corrected chi connectivity index (χ0v) is 15.1. The minimum absolute atomic E-state index is 0.492. The first-order chi connectivity index (χ1) is 11.9. The number of rotatable bonds is 4. The van der Waals surface area contributed by atoms with Gasteiger partial charge in [-0.25, -0.2) is 4.79 Å². The van der Waals surface area contributed by atoms with Crippen molar-refractivity contribution in [1.82, 2.24) is 0 Å². The molecule has 132 valence electrons. The maximum atomic E-state index is 12.7. The van der Waals surface area contributed by atoms with E-state index < -0.39 is 41.4 Å². The van der Waals surface area contributed by atoms with Gasteiger partial charge in [0.25, 0.3) is 0 Å². The summed E-state index contributed by atoms with van der Waals surface area (Å²) >= 11 is 3.34. The number of anilines is 1. The van der Waals surface area contributed by atoms with Gasteiger partial charge in [-0.2, -0.15) is 0 Å². The molecule has 2 heterocycles. The van der Waals surface area contributed by atoms with Gasteiger partial charge >= 0.3 is 17.9 Å². The molecule has 0 saturated carbocycles. The van der Waals surface area contributed by atoms with Gasteiger partial charge in [0.15, 0.2) is 5.54 Å². The fourth-order valence-corrected chi connectivity index (χ4v) is 4.07. The van der Waals surface area contributed by atoms with Crippen LogP contribution in [0.15, 0.2) is 40.9 Å². The Morgan fingerprint density at radius 3 is 2.40 bits per heavy atom. The number of carbonyl (C=O) groups is 3. The SMILES string of the molecule is COC(=O)[C@H]1[C@@H]2OC(=O)[C@@](Nc3ccccc3)(C=C2Br)[C@@H]1C(=O)OC. The first kappa shape index (κ1) is 17.5. The van der Waals surface area contributed by atoms with Crippen LogP contribution in [-0.4, -0.2) is 43.8 Å². The number of hydrogen-bond acceptors (Lipinski definition) is 7. The van der Waals surface area contributed by atoms with E-state index in [1.54, 1.807) is 30.3 Å². The third-order valence-corrected chi connectivity index (χ3v) is 5.12. The predicted molar refractivity (Wildman–Crippen MR) is 90.7 cm³/mol. The summed E-state index contributed by atoms with van der Waals surface area (Å²) in [6.45, 7) is 0. The maximum Gasteiger partial charge on any atom is 0.337 e. The van der Waals surface area contributed by atoms with Crippen molar-refractivity contribution in [1.29, 1.82) is 0 Å². The van der Waals surface area contributed by atoms with Crippen molar-refractivity contribution in [3.05, 3.63) is 40.9 Å². The lowest BCUT2D eigenvalue weighted by molar-refractivity contribution is -0.186. The van der Waals surface area contributed by atoms with Crippen LogP contribution in [0.1, 0.15) is 0 Å². The van der Waals surface area contributed by atoms with Gasteiger partial charge in [0.05, 0.1) is 14.2 Å². The van der Waals surface area contributed by atoms with E-state index in [-0.39, 0.29) is 0 Å². The second-order valence-electron chi connectivity index (χ2n) is 5.76. The quantitative estimate of drug-likeness (QED) is 0.596. The predicted octanol–water partition coefficient (Wildman–Crippen LogP) is 1.63. The number of halogens is 1. The summed E-state index contributed by atoms with van der Waals surface area (Å²) in [5.41, 5.74) is -0.991. The van der Waals surface area contributed by atoms with Crippen LogP contribution in [0.25, 0.3) is 0 Å². The van der Waals surface area contributed by atoms with Gasteiger partial charge in [0.2, 0.25) is 0 Å². The van der Waals surface area contributed by atoms with Crippen molar-refractivity contribution in [2.75, 3.05) is 19.5 Å². The molecule has 4 atom stereocenters. The molecular weight excluding hydrogens is 394 g/mol. The molecule has 4 rings (SSSR count). The standard InChI is InChI=1S/C17H16BrNO6/c1-23-14(20)11-12(15(21)24-2)17(19-9-6-4-3-5-7-9)8-10(18)13(11)25-16(17)22/h3-8,11-13,19H,1-2H3/t11-,12+,13-,17-/m1/s1. The topological polar surface area (TPSA) is 90.9 Å². The number of benzene rings is 1. The summed E-state index contributed by atoms with van der Waals surface area (Å²) < 4.78 is 15.6. The van der Waals surface area contributed by atoms with Crippen molar-refractivity contribution in [3.63, 3.8) is 0 Å². The number of fused-ring (bicyclic) bond motifs is 2. The molecule has 7 nitrogen and oxygen atoms in total. The van der Waals surface area contributed by atoms with E-state index in [1.807, 2.05) is 6.07 Å². The molecule has 0 spiro atoms. The van der Waals surface area contributed by atoms with Crippen LogP contribution in [0, 0.1) is 11.8 Å². The van der Waals surface area contributed by atoms with E-state index in [0.29, 0.717) is 10.2 Å². The van der Waals surface area contributed by atoms with E-state index in [2.05, 4.69) is 21.2 Å². The third-order valence-electron chi connectivity index (χ3n) is 4.44. The van der Waals surface area contributed by atoms with Crippen LogP contribution in [0.3, 0.4) is 0 Å². The highest BCUT2D eigenvalue weighted by molar-refractivity contribution is 9.11. The van der Waals surface area contributed by atoms with Crippen LogP contribution >= 0.6 is 15.9 Å². The van der Waals surface area contributed by atoms with Gasteiger partial charge < -0.3 is 19.5 Å². The number of ether oxygens (including phenoxy) is 3. The number of para-hydroxylation sites is 1. The van der Waals surface area contributed by atoms with Crippen LogP contribution in [0.5, 0.6) is 0 Å². The largest absolute Gasteiger partial charge is 0.469 e. The zero-order chi connectivity index (χ0) is 18.2. The Bertz CT molecular complexity index is 749. The van der Waals surface area contributed by atoms with Crippen LogP contribution in [0.2, 0.25) is 0 Å². The zero-order valence-electron chi connectivity index (χ0n) is 13.5. The first-order valence-corrected chi connectivity index (χ1v) is 8.32. The minimum atomic E-state index is -1.58. The molecule has 1 N–H and O–H groups in total. The number of carbonyl (C=O) groups excluding carboxylic acids is 3. The lowest BCUT2D eigenvalue weighted by atomic mass is 9.66. The Hall–Kier alpha value is -2.35. The maximum absolute atomic E-state index is 12.7. The van der Waals surface area contributed by atoms with Crippen molar-refractivity contribution in [2.45, 2.75) is 11.6 Å². The summed E-state index contributed by atoms with van der Waals surface area (Å²) in [6, 6.07) is 8.86. The van der Waals surface area contributed by atoms with E-state index in [0.717, 1.165) is 0 Å². The highest BCUT2D eigenvalue weighted by Gasteiger charge is 2.66.